The van der Waals surface area contributed by atoms with Gasteiger partial charge in [0.1, 0.15) is 0 Å². The lowest BCUT2D eigenvalue weighted by atomic mass is 10.0. The number of oxazole rings is 1. The molecule has 2 aromatic carbocycles. The van der Waals surface area contributed by atoms with Gasteiger partial charge in [-0.1, -0.05) is 36.4 Å². The van der Waals surface area contributed by atoms with Crippen molar-refractivity contribution in [2.24, 2.45) is 0 Å². The topological polar surface area (TPSA) is 64.2 Å². The first-order valence-electron chi connectivity index (χ1n) is 8.49. The molecule has 1 aromatic heterocycles. The lowest BCUT2D eigenvalue weighted by molar-refractivity contribution is -0.121. The van der Waals surface area contributed by atoms with E-state index in [1.165, 1.54) is 0 Å². The summed E-state index contributed by atoms with van der Waals surface area (Å²) in [5.74, 6) is -0.397. The molecule has 0 bridgehead atoms. The largest absolute Gasteiger partial charge is 0.419 e. The van der Waals surface area contributed by atoms with Crippen LogP contribution in [0.25, 0.3) is 11.1 Å². The number of nitrogens with zero attached hydrogens (tertiary/aromatic N) is 1. The van der Waals surface area contributed by atoms with Crippen molar-refractivity contribution < 1.29 is 9.21 Å². The van der Waals surface area contributed by atoms with Gasteiger partial charge < -0.3 is 9.73 Å². The molecule has 25 heavy (non-hydrogen) atoms. The molecular formula is C20H22N2O3. The van der Waals surface area contributed by atoms with Gasteiger partial charge in [0.05, 0.1) is 11.6 Å². The van der Waals surface area contributed by atoms with E-state index < -0.39 is 0 Å². The van der Waals surface area contributed by atoms with Gasteiger partial charge in [-0.15, -0.1) is 0 Å². The van der Waals surface area contributed by atoms with Gasteiger partial charge in [0.15, 0.2) is 5.58 Å². The third-order valence-electron chi connectivity index (χ3n) is 4.39. The molecule has 1 amide bonds. The molecule has 5 heteroatoms. The second kappa shape index (κ2) is 7.38. The monoisotopic (exact) mass is 338 g/mol. The SMILES string of the molecule is Cc1ccccc1C(C)NC(=O)CCCn1c(=O)oc2ccccc21. The molecule has 1 atom stereocenters. The van der Waals surface area contributed by atoms with Gasteiger partial charge in [-0.2, -0.15) is 0 Å². The molecule has 1 N–H and O–H groups in total. The molecule has 0 aliphatic carbocycles. The standard InChI is InChI=1S/C20H22N2O3/c1-14-8-3-4-9-16(14)15(2)21-19(23)12-7-13-22-17-10-5-6-11-18(17)25-20(22)24/h3-6,8-11,15H,7,12-13H2,1-2H3,(H,21,23). The van der Waals surface area contributed by atoms with E-state index in [1.807, 2.05) is 56.3 Å². The van der Waals surface area contributed by atoms with Gasteiger partial charge in [0.25, 0.3) is 0 Å². The number of para-hydroxylation sites is 2. The summed E-state index contributed by atoms with van der Waals surface area (Å²) in [6.45, 7) is 4.48. The summed E-state index contributed by atoms with van der Waals surface area (Å²) in [4.78, 5) is 24.1. The van der Waals surface area contributed by atoms with Crippen LogP contribution in [0.15, 0.2) is 57.7 Å². The summed E-state index contributed by atoms with van der Waals surface area (Å²) in [6.07, 6.45) is 0.942. The summed E-state index contributed by atoms with van der Waals surface area (Å²) in [7, 11) is 0. The number of carbonyl (C=O) groups excluding carboxylic acids is 1. The highest BCUT2D eigenvalue weighted by atomic mass is 16.4. The number of aryl methyl sites for hydroxylation is 2. The van der Waals surface area contributed by atoms with E-state index in [1.54, 1.807) is 10.6 Å². The van der Waals surface area contributed by atoms with Crippen LogP contribution < -0.4 is 11.1 Å². The average Bonchev–Trinajstić information content (AvgIpc) is 2.91. The van der Waals surface area contributed by atoms with Gasteiger partial charge in [-0.3, -0.25) is 9.36 Å². The van der Waals surface area contributed by atoms with Crippen LogP contribution in [0.5, 0.6) is 0 Å². The van der Waals surface area contributed by atoms with Crippen molar-refractivity contribution in [2.45, 2.75) is 39.3 Å². The molecule has 1 unspecified atom stereocenters. The number of carbonyl (C=O) groups is 1. The molecule has 3 rings (SSSR count). The maximum absolute atomic E-state index is 12.2. The number of nitrogens with one attached hydrogen (secondary N) is 1. The number of amides is 1. The second-order valence-electron chi connectivity index (χ2n) is 6.24. The summed E-state index contributed by atoms with van der Waals surface area (Å²) < 4.78 is 6.78. The molecular weight excluding hydrogens is 316 g/mol. The molecule has 1 heterocycles. The van der Waals surface area contributed by atoms with Crippen molar-refractivity contribution >= 4 is 17.0 Å². The summed E-state index contributed by atoms with van der Waals surface area (Å²) in [5, 5.41) is 3.02. The molecule has 0 radical (unpaired) electrons. The van der Waals surface area contributed by atoms with Gasteiger partial charge in [0.2, 0.25) is 5.91 Å². The first-order chi connectivity index (χ1) is 12.1. The summed E-state index contributed by atoms with van der Waals surface area (Å²) in [6, 6.07) is 15.3. The zero-order chi connectivity index (χ0) is 17.8. The van der Waals surface area contributed by atoms with Crippen LogP contribution in [0.2, 0.25) is 0 Å². The quantitative estimate of drug-likeness (QED) is 0.747. The third kappa shape index (κ3) is 3.82. The Morgan fingerprint density at radius 3 is 2.68 bits per heavy atom. The lowest BCUT2D eigenvalue weighted by Gasteiger charge is -2.16. The lowest BCUT2D eigenvalue weighted by Crippen LogP contribution is -2.27. The molecule has 5 nitrogen and oxygen atoms in total. The van der Waals surface area contributed by atoms with E-state index in [9.17, 15) is 9.59 Å². The number of benzene rings is 2. The number of rotatable bonds is 6. The minimum absolute atomic E-state index is 0.0170. The molecule has 3 aromatic rings. The number of hydrogen-bond donors (Lipinski definition) is 1. The second-order valence-corrected chi connectivity index (χ2v) is 6.24. The van der Waals surface area contributed by atoms with E-state index >= 15 is 0 Å². The van der Waals surface area contributed by atoms with Gasteiger partial charge in [-0.05, 0) is 43.5 Å². The fourth-order valence-electron chi connectivity index (χ4n) is 3.09. The zero-order valence-corrected chi connectivity index (χ0v) is 14.5. The van der Waals surface area contributed by atoms with Crippen LogP contribution in [0.1, 0.15) is 36.9 Å². The van der Waals surface area contributed by atoms with Crippen LogP contribution in [0, 0.1) is 6.92 Å². The fourth-order valence-corrected chi connectivity index (χ4v) is 3.09. The maximum atomic E-state index is 12.2. The van der Waals surface area contributed by atoms with Crippen molar-refractivity contribution in [1.29, 1.82) is 0 Å². The fraction of sp³-hybridized carbons (Fsp3) is 0.300. The van der Waals surface area contributed by atoms with Crippen molar-refractivity contribution in [3.8, 4) is 0 Å². The van der Waals surface area contributed by atoms with Gasteiger partial charge in [-0.25, -0.2) is 4.79 Å². The molecule has 130 valence electrons. The number of hydrogen-bond acceptors (Lipinski definition) is 3. The minimum Gasteiger partial charge on any atom is -0.408 e. The van der Waals surface area contributed by atoms with Crippen molar-refractivity contribution in [3.63, 3.8) is 0 Å². The third-order valence-corrected chi connectivity index (χ3v) is 4.39. The molecule has 0 spiro atoms. The van der Waals surface area contributed by atoms with Crippen LogP contribution in [-0.4, -0.2) is 10.5 Å². The van der Waals surface area contributed by atoms with Crippen LogP contribution >= 0.6 is 0 Å². The summed E-state index contributed by atoms with van der Waals surface area (Å²) in [5.41, 5.74) is 3.62. The molecule has 0 saturated carbocycles. The maximum Gasteiger partial charge on any atom is 0.419 e. The highest BCUT2D eigenvalue weighted by molar-refractivity contribution is 5.76. The first-order valence-corrected chi connectivity index (χ1v) is 8.49. The number of aromatic nitrogens is 1. The van der Waals surface area contributed by atoms with Crippen LogP contribution in [0.4, 0.5) is 0 Å². The van der Waals surface area contributed by atoms with E-state index in [4.69, 9.17) is 4.42 Å². The van der Waals surface area contributed by atoms with Crippen molar-refractivity contribution in [2.75, 3.05) is 0 Å². The Morgan fingerprint density at radius 1 is 1.16 bits per heavy atom. The van der Waals surface area contributed by atoms with Crippen molar-refractivity contribution in [1.82, 2.24) is 9.88 Å². The van der Waals surface area contributed by atoms with E-state index in [0.717, 1.165) is 16.6 Å². The Labute approximate surface area is 146 Å². The highest BCUT2D eigenvalue weighted by Gasteiger charge is 2.12. The van der Waals surface area contributed by atoms with Gasteiger partial charge >= 0.3 is 5.76 Å². The Balaban J connectivity index is 1.57. The molecule has 0 fully saturated rings. The Bertz CT molecular complexity index is 939. The molecule has 0 aliphatic rings. The predicted octanol–water partition coefficient (Wildman–Crippen LogP) is 3.56. The first kappa shape index (κ1) is 17.0. The predicted molar refractivity (Wildman–Crippen MR) is 97.4 cm³/mol. The van der Waals surface area contributed by atoms with E-state index in [-0.39, 0.29) is 17.7 Å². The highest BCUT2D eigenvalue weighted by Crippen LogP contribution is 2.17. The molecule has 0 aliphatic heterocycles. The summed E-state index contributed by atoms with van der Waals surface area (Å²) >= 11 is 0. The zero-order valence-electron chi connectivity index (χ0n) is 14.5. The van der Waals surface area contributed by atoms with Crippen LogP contribution in [-0.2, 0) is 11.3 Å². The number of fused-ring (bicyclic) bond motifs is 1. The van der Waals surface area contributed by atoms with E-state index in [2.05, 4.69) is 5.32 Å². The minimum atomic E-state index is -0.380. The average molecular weight is 338 g/mol. The Kier molecular flexibility index (Phi) is 5.03. The van der Waals surface area contributed by atoms with E-state index in [0.29, 0.717) is 25.0 Å². The Morgan fingerprint density at radius 2 is 1.88 bits per heavy atom. The Hall–Kier alpha value is -2.82. The van der Waals surface area contributed by atoms with Crippen LogP contribution in [0.3, 0.4) is 0 Å². The smallest absolute Gasteiger partial charge is 0.408 e. The van der Waals surface area contributed by atoms with Gasteiger partial charge in [0, 0.05) is 13.0 Å². The van der Waals surface area contributed by atoms with Crippen molar-refractivity contribution in [3.05, 3.63) is 70.2 Å². The normalized spacial score (nSPS) is 12.2. The molecule has 0 saturated heterocycles.